The normalized spacial score (nSPS) is 13.0. The lowest BCUT2D eigenvalue weighted by molar-refractivity contribution is -0.139. The Balaban J connectivity index is 2.64. The molecule has 0 spiro atoms. The van der Waals surface area contributed by atoms with Gasteiger partial charge < -0.3 is 13.9 Å². The molecule has 2 aromatic rings. The standard InChI is InChI=1S/C31H46ClFN2O5Si/c1-11-17-34(25-16-15-22(26(33)20-25)19-28(36)38-8)35(29(37)39-30(2,3)4)21-27(23-13-12-14-24(32)18-23)40-41(9,10)31(5,6)7/h12-16,18,20,27H,11,17,19,21H2,1-10H3/t27-/m0/s1. The molecule has 0 aliphatic rings. The number of methoxy groups -OCH3 is 1. The summed E-state index contributed by atoms with van der Waals surface area (Å²) >= 11 is 6.39. The summed E-state index contributed by atoms with van der Waals surface area (Å²) in [5.74, 6) is -1.10. The number of rotatable bonds is 11. The molecule has 1 amide bonds. The minimum absolute atomic E-state index is 0.0950. The topological polar surface area (TPSA) is 68.3 Å². The second-order valence-electron chi connectivity index (χ2n) is 12.6. The van der Waals surface area contributed by atoms with Crippen molar-refractivity contribution in [2.24, 2.45) is 0 Å². The van der Waals surface area contributed by atoms with E-state index >= 15 is 4.39 Å². The molecule has 7 nitrogen and oxygen atoms in total. The first-order valence-corrected chi connectivity index (χ1v) is 17.2. The highest BCUT2D eigenvalue weighted by atomic mass is 35.5. The van der Waals surface area contributed by atoms with Gasteiger partial charge in [0.1, 0.15) is 11.4 Å². The SMILES string of the molecule is CCCN(c1ccc(CC(=O)OC)c(F)c1)N(C[C@H](O[Si](C)(C)C(C)(C)C)c1cccc(Cl)c1)C(=O)OC(C)(C)C. The van der Waals surface area contributed by atoms with Crippen LogP contribution >= 0.6 is 11.6 Å². The Morgan fingerprint density at radius 2 is 1.71 bits per heavy atom. The average molecular weight is 609 g/mol. The van der Waals surface area contributed by atoms with Crippen LogP contribution in [0.4, 0.5) is 14.9 Å². The second kappa shape index (κ2) is 14.0. The quantitative estimate of drug-likeness (QED) is 0.145. The molecule has 2 aromatic carbocycles. The van der Waals surface area contributed by atoms with Crippen molar-refractivity contribution in [2.75, 3.05) is 25.2 Å². The van der Waals surface area contributed by atoms with E-state index in [-0.39, 0.29) is 23.6 Å². The summed E-state index contributed by atoms with van der Waals surface area (Å²) in [6.45, 7) is 18.7. The Kier molecular flexibility index (Phi) is 11.8. The Morgan fingerprint density at radius 3 is 2.22 bits per heavy atom. The molecule has 0 aliphatic carbocycles. The van der Waals surface area contributed by atoms with E-state index in [0.717, 1.165) is 5.56 Å². The summed E-state index contributed by atoms with van der Waals surface area (Å²) in [6.07, 6.45) is -0.653. The smallest absolute Gasteiger partial charge is 0.429 e. The molecule has 2 rings (SSSR count). The number of benzene rings is 2. The summed E-state index contributed by atoms with van der Waals surface area (Å²) < 4.78 is 32.6. The molecule has 0 saturated heterocycles. The number of esters is 1. The zero-order valence-electron chi connectivity index (χ0n) is 26.1. The van der Waals surface area contributed by atoms with Crippen LogP contribution in [0.25, 0.3) is 0 Å². The molecule has 1 atom stereocenters. The number of carbonyl (C=O) groups excluding carboxylic acids is 2. The van der Waals surface area contributed by atoms with Crippen LogP contribution in [-0.4, -0.2) is 51.2 Å². The number of nitrogens with zero attached hydrogens (tertiary/aromatic N) is 2. The predicted octanol–water partition coefficient (Wildman–Crippen LogP) is 8.33. The molecule has 0 radical (unpaired) electrons. The summed E-state index contributed by atoms with van der Waals surface area (Å²) in [7, 11) is -1.07. The van der Waals surface area contributed by atoms with Crippen LogP contribution in [0.2, 0.25) is 23.2 Å². The van der Waals surface area contributed by atoms with E-state index in [4.69, 9.17) is 25.5 Å². The number of amides is 1. The monoisotopic (exact) mass is 608 g/mol. The van der Waals surface area contributed by atoms with Gasteiger partial charge in [-0.3, -0.25) is 9.80 Å². The molecule has 0 aromatic heterocycles. The van der Waals surface area contributed by atoms with E-state index in [1.165, 1.54) is 24.3 Å². The maximum atomic E-state index is 15.2. The van der Waals surface area contributed by atoms with E-state index in [1.807, 2.05) is 25.1 Å². The Hall–Kier alpha value is -2.62. The fourth-order valence-electron chi connectivity index (χ4n) is 3.86. The number of hydrazine groups is 1. The Labute approximate surface area is 251 Å². The predicted molar refractivity (Wildman–Crippen MR) is 165 cm³/mol. The van der Waals surface area contributed by atoms with E-state index in [2.05, 4.69) is 33.9 Å². The van der Waals surface area contributed by atoms with Crippen molar-refractivity contribution >= 4 is 37.7 Å². The second-order valence-corrected chi connectivity index (χ2v) is 17.8. The van der Waals surface area contributed by atoms with Gasteiger partial charge >= 0.3 is 12.1 Å². The first-order valence-electron chi connectivity index (χ1n) is 13.9. The fraction of sp³-hybridized carbons (Fsp3) is 0.548. The van der Waals surface area contributed by atoms with Crippen molar-refractivity contribution in [3.63, 3.8) is 0 Å². The van der Waals surface area contributed by atoms with Gasteiger partial charge in [0.25, 0.3) is 0 Å². The number of halogens is 2. The maximum Gasteiger partial charge on any atom is 0.429 e. The third-order valence-electron chi connectivity index (χ3n) is 7.03. The van der Waals surface area contributed by atoms with E-state index in [9.17, 15) is 9.59 Å². The van der Waals surface area contributed by atoms with Crippen LogP contribution in [-0.2, 0) is 25.1 Å². The number of ether oxygens (including phenoxy) is 2. The van der Waals surface area contributed by atoms with Crippen molar-refractivity contribution in [1.82, 2.24) is 5.01 Å². The van der Waals surface area contributed by atoms with Crippen LogP contribution in [0, 0.1) is 5.82 Å². The van der Waals surface area contributed by atoms with Gasteiger partial charge in [-0.2, -0.15) is 0 Å². The van der Waals surface area contributed by atoms with Gasteiger partial charge in [0.05, 0.1) is 31.9 Å². The lowest BCUT2D eigenvalue weighted by Gasteiger charge is -2.43. The van der Waals surface area contributed by atoms with Crippen LogP contribution in [0.1, 0.15) is 72.1 Å². The molecule has 228 valence electrons. The summed E-state index contributed by atoms with van der Waals surface area (Å²) in [5, 5.41) is 3.67. The molecule has 0 fully saturated rings. The molecule has 0 aliphatic heterocycles. The first-order chi connectivity index (χ1) is 18.9. The zero-order valence-corrected chi connectivity index (χ0v) is 27.9. The Morgan fingerprint density at radius 1 is 1.05 bits per heavy atom. The third-order valence-corrected chi connectivity index (χ3v) is 11.8. The van der Waals surface area contributed by atoms with Crippen molar-refractivity contribution < 1.29 is 27.9 Å². The van der Waals surface area contributed by atoms with E-state index < -0.39 is 37.9 Å². The molecular weight excluding hydrogens is 563 g/mol. The lowest BCUT2D eigenvalue weighted by atomic mass is 10.1. The summed E-state index contributed by atoms with van der Waals surface area (Å²) in [5.41, 5.74) is 0.709. The van der Waals surface area contributed by atoms with Crippen LogP contribution in [0.15, 0.2) is 42.5 Å². The van der Waals surface area contributed by atoms with Gasteiger partial charge in [0, 0.05) is 11.6 Å². The molecule has 0 unspecified atom stereocenters. The third kappa shape index (κ3) is 10.0. The molecule has 10 heteroatoms. The molecule has 0 saturated carbocycles. The minimum atomic E-state index is -2.33. The van der Waals surface area contributed by atoms with Crippen molar-refractivity contribution in [1.29, 1.82) is 0 Å². The molecule has 41 heavy (non-hydrogen) atoms. The van der Waals surface area contributed by atoms with Crippen LogP contribution < -0.4 is 5.01 Å². The van der Waals surface area contributed by atoms with Crippen molar-refractivity contribution in [2.45, 2.75) is 91.1 Å². The Bertz CT molecular complexity index is 1200. The largest absolute Gasteiger partial charge is 0.469 e. The number of hydrogen-bond donors (Lipinski definition) is 0. The van der Waals surface area contributed by atoms with Gasteiger partial charge in [0.15, 0.2) is 8.32 Å². The lowest BCUT2D eigenvalue weighted by Crippen LogP contribution is -2.52. The highest BCUT2D eigenvalue weighted by Gasteiger charge is 2.41. The van der Waals surface area contributed by atoms with Gasteiger partial charge in [-0.25, -0.2) is 14.2 Å². The van der Waals surface area contributed by atoms with E-state index in [0.29, 0.717) is 23.7 Å². The summed E-state index contributed by atoms with van der Waals surface area (Å²) in [6, 6.07) is 12.0. The van der Waals surface area contributed by atoms with Gasteiger partial charge in [0.2, 0.25) is 0 Å². The molecule has 0 bridgehead atoms. The van der Waals surface area contributed by atoms with E-state index in [1.54, 1.807) is 37.9 Å². The average Bonchev–Trinajstić information content (AvgIpc) is 2.84. The van der Waals surface area contributed by atoms with Gasteiger partial charge in [-0.15, -0.1) is 0 Å². The van der Waals surface area contributed by atoms with Crippen LogP contribution in [0.3, 0.4) is 0 Å². The van der Waals surface area contributed by atoms with Gasteiger partial charge in [-0.1, -0.05) is 57.5 Å². The molecular formula is C31H46ClFN2O5Si. The molecule has 0 N–H and O–H groups in total. The zero-order chi connectivity index (χ0) is 31.2. The van der Waals surface area contributed by atoms with Crippen molar-refractivity contribution in [3.05, 3.63) is 64.4 Å². The highest BCUT2D eigenvalue weighted by Crippen LogP contribution is 2.40. The van der Waals surface area contributed by atoms with Crippen molar-refractivity contribution in [3.8, 4) is 0 Å². The highest BCUT2D eigenvalue weighted by molar-refractivity contribution is 6.74. The number of hydrogen-bond acceptors (Lipinski definition) is 6. The first kappa shape index (κ1) is 34.6. The molecule has 0 heterocycles. The summed E-state index contributed by atoms with van der Waals surface area (Å²) in [4.78, 5) is 25.6. The fourth-order valence-corrected chi connectivity index (χ4v) is 5.34. The number of anilines is 1. The maximum absolute atomic E-state index is 15.2. The minimum Gasteiger partial charge on any atom is -0.469 e. The van der Waals surface area contributed by atoms with Crippen LogP contribution in [0.5, 0.6) is 0 Å². The number of carbonyl (C=O) groups is 2. The van der Waals surface area contributed by atoms with Gasteiger partial charge in [-0.05, 0) is 80.7 Å².